The Morgan fingerprint density at radius 1 is 1.33 bits per heavy atom. The summed E-state index contributed by atoms with van der Waals surface area (Å²) in [6, 6.07) is 1.54. The first kappa shape index (κ1) is 14.7. The lowest BCUT2D eigenvalue weighted by Gasteiger charge is -2.08. The van der Waals surface area contributed by atoms with Gasteiger partial charge < -0.3 is 14.8 Å². The second kappa shape index (κ2) is 5.74. The Kier molecular flexibility index (Phi) is 4.02. The number of aryl methyl sites for hydroxylation is 2. The standard InChI is InChI=1S/C14H15N3O4/c1-4-21-10-5-9(6-15-13(10)18)12-16-7(2)11(14(19)20)8(3)17-12/h5-6H,4H2,1-3H3,(H,15,18)(H,19,20). The normalized spacial score (nSPS) is 10.4. The molecular weight excluding hydrogens is 274 g/mol. The van der Waals surface area contributed by atoms with Crippen LogP contribution >= 0.6 is 0 Å². The lowest BCUT2D eigenvalue weighted by atomic mass is 10.1. The SMILES string of the molecule is CCOc1cc(-c2nc(C)c(C(=O)O)c(C)n2)c[nH]c1=O. The second-order valence-electron chi connectivity index (χ2n) is 4.41. The van der Waals surface area contributed by atoms with Gasteiger partial charge in [0.25, 0.3) is 5.56 Å². The highest BCUT2D eigenvalue weighted by atomic mass is 16.5. The molecule has 0 spiro atoms. The molecule has 2 aromatic rings. The largest absolute Gasteiger partial charge is 0.488 e. The van der Waals surface area contributed by atoms with E-state index in [4.69, 9.17) is 9.84 Å². The van der Waals surface area contributed by atoms with Gasteiger partial charge in [0.15, 0.2) is 11.6 Å². The van der Waals surface area contributed by atoms with E-state index < -0.39 is 5.97 Å². The molecule has 21 heavy (non-hydrogen) atoms. The Morgan fingerprint density at radius 3 is 2.48 bits per heavy atom. The molecule has 2 N–H and O–H groups in total. The van der Waals surface area contributed by atoms with E-state index in [0.29, 0.717) is 29.4 Å². The summed E-state index contributed by atoms with van der Waals surface area (Å²) >= 11 is 0. The number of ether oxygens (including phenoxy) is 1. The average Bonchev–Trinajstić information content (AvgIpc) is 2.40. The summed E-state index contributed by atoms with van der Waals surface area (Å²) in [6.45, 7) is 5.36. The molecule has 0 atom stereocenters. The molecule has 0 aliphatic heterocycles. The van der Waals surface area contributed by atoms with Gasteiger partial charge in [-0.2, -0.15) is 0 Å². The average molecular weight is 289 g/mol. The van der Waals surface area contributed by atoms with Crippen LogP contribution in [0.4, 0.5) is 0 Å². The number of aromatic carboxylic acids is 1. The molecule has 0 saturated heterocycles. The molecule has 0 saturated carbocycles. The van der Waals surface area contributed by atoms with Crippen LogP contribution < -0.4 is 10.3 Å². The fourth-order valence-corrected chi connectivity index (χ4v) is 2.01. The van der Waals surface area contributed by atoms with Crippen molar-refractivity contribution in [3.8, 4) is 17.1 Å². The molecule has 0 aliphatic rings. The van der Waals surface area contributed by atoms with Crippen molar-refractivity contribution in [2.45, 2.75) is 20.8 Å². The van der Waals surface area contributed by atoms with Crippen LogP contribution in [0, 0.1) is 13.8 Å². The number of carboxylic acid groups (broad SMARTS) is 1. The van der Waals surface area contributed by atoms with Gasteiger partial charge in [0.1, 0.15) is 5.56 Å². The van der Waals surface area contributed by atoms with Gasteiger partial charge in [-0.1, -0.05) is 0 Å². The number of H-pyrrole nitrogens is 1. The highest BCUT2D eigenvalue weighted by Crippen LogP contribution is 2.20. The third kappa shape index (κ3) is 2.91. The molecule has 2 rings (SSSR count). The first-order chi connectivity index (χ1) is 9.93. The molecule has 0 radical (unpaired) electrons. The first-order valence-corrected chi connectivity index (χ1v) is 6.38. The van der Waals surface area contributed by atoms with Crippen molar-refractivity contribution in [3.63, 3.8) is 0 Å². The minimum Gasteiger partial charge on any atom is -0.488 e. The number of hydrogen-bond donors (Lipinski definition) is 2. The zero-order chi connectivity index (χ0) is 15.6. The number of carboxylic acids is 1. The van der Waals surface area contributed by atoms with E-state index in [1.807, 2.05) is 0 Å². The molecule has 0 fully saturated rings. The van der Waals surface area contributed by atoms with Crippen molar-refractivity contribution < 1.29 is 14.6 Å². The number of nitrogens with one attached hydrogen (secondary N) is 1. The molecule has 0 unspecified atom stereocenters. The second-order valence-corrected chi connectivity index (χ2v) is 4.41. The van der Waals surface area contributed by atoms with Gasteiger partial charge in [0.05, 0.1) is 18.0 Å². The van der Waals surface area contributed by atoms with Crippen LogP contribution in [-0.2, 0) is 0 Å². The van der Waals surface area contributed by atoms with E-state index in [9.17, 15) is 9.59 Å². The van der Waals surface area contributed by atoms with Crippen LogP contribution in [0.1, 0.15) is 28.7 Å². The van der Waals surface area contributed by atoms with Crippen LogP contribution in [-0.4, -0.2) is 32.6 Å². The summed E-state index contributed by atoms with van der Waals surface area (Å²) in [5.41, 5.74) is 1.05. The van der Waals surface area contributed by atoms with E-state index in [1.54, 1.807) is 20.8 Å². The summed E-state index contributed by atoms with van der Waals surface area (Å²) in [5.74, 6) is -0.545. The van der Waals surface area contributed by atoms with Gasteiger partial charge in [-0.15, -0.1) is 0 Å². The molecule has 7 nitrogen and oxygen atoms in total. The zero-order valence-corrected chi connectivity index (χ0v) is 11.9. The monoisotopic (exact) mass is 289 g/mol. The quantitative estimate of drug-likeness (QED) is 0.884. The lowest BCUT2D eigenvalue weighted by molar-refractivity contribution is 0.0694. The number of aromatic nitrogens is 3. The maximum Gasteiger partial charge on any atom is 0.339 e. The van der Waals surface area contributed by atoms with Gasteiger partial charge in [-0.3, -0.25) is 4.79 Å². The Morgan fingerprint density at radius 2 is 1.95 bits per heavy atom. The third-order valence-electron chi connectivity index (χ3n) is 2.91. The minimum absolute atomic E-state index is 0.0909. The maximum absolute atomic E-state index is 11.6. The Balaban J connectivity index is 2.55. The van der Waals surface area contributed by atoms with Crippen LogP contribution in [0.5, 0.6) is 5.75 Å². The molecule has 0 bridgehead atoms. The van der Waals surface area contributed by atoms with Crippen LogP contribution in [0.3, 0.4) is 0 Å². The van der Waals surface area contributed by atoms with Gasteiger partial charge >= 0.3 is 5.97 Å². The Bertz CT molecular complexity index is 729. The number of carbonyl (C=O) groups is 1. The lowest BCUT2D eigenvalue weighted by Crippen LogP contribution is -2.12. The number of pyridine rings is 1. The van der Waals surface area contributed by atoms with Gasteiger partial charge in [-0.05, 0) is 26.8 Å². The number of nitrogens with zero attached hydrogens (tertiary/aromatic N) is 2. The first-order valence-electron chi connectivity index (χ1n) is 6.38. The molecule has 7 heteroatoms. The fourth-order valence-electron chi connectivity index (χ4n) is 2.01. The number of rotatable bonds is 4. The van der Waals surface area contributed by atoms with Gasteiger partial charge in [0, 0.05) is 11.8 Å². The maximum atomic E-state index is 11.6. The van der Waals surface area contributed by atoms with Crippen molar-refractivity contribution in [1.29, 1.82) is 0 Å². The van der Waals surface area contributed by atoms with E-state index in [1.165, 1.54) is 12.3 Å². The number of aromatic amines is 1. The molecule has 110 valence electrons. The van der Waals surface area contributed by atoms with Gasteiger partial charge in [-0.25, -0.2) is 14.8 Å². The fraction of sp³-hybridized carbons (Fsp3) is 0.286. The van der Waals surface area contributed by atoms with Crippen molar-refractivity contribution >= 4 is 5.97 Å². The van der Waals surface area contributed by atoms with E-state index >= 15 is 0 Å². The molecule has 0 aromatic carbocycles. The molecular formula is C14H15N3O4. The summed E-state index contributed by atoms with van der Waals surface area (Å²) in [7, 11) is 0. The Hall–Kier alpha value is -2.70. The summed E-state index contributed by atoms with van der Waals surface area (Å²) in [4.78, 5) is 33.6. The molecule has 0 aliphatic carbocycles. The van der Waals surface area contributed by atoms with E-state index in [2.05, 4.69) is 15.0 Å². The zero-order valence-electron chi connectivity index (χ0n) is 11.9. The highest BCUT2D eigenvalue weighted by molar-refractivity contribution is 5.90. The summed E-state index contributed by atoms with van der Waals surface area (Å²) < 4.78 is 5.23. The molecule has 2 heterocycles. The van der Waals surface area contributed by atoms with Crippen LogP contribution in [0.2, 0.25) is 0 Å². The molecule has 0 amide bonds. The predicted octanol–water partition coefficient (Wildman–Crippen LogP) is 1.55. The van der Waals surface area contributed by atoms with Crippen molar-refractivity contribution in [3.05, 3.63) is 39.6 Å². The van der Waals surface area contributed by atoms with Gasteiger partial charge in [0.2, 0.25) is 0 Å². The Labute approximate surface area is 120 Å². The smallest absolute Gasteiger partial charge is 0.339 e. The van der Waals surface area contributed by atoms with Crippen molar-refractivity contribution in [1.82, 2.24) is 15.0 Å². The predicted molar refractivity (Wildman–Crippen MR) is 75.7 cm³/mol. The van der Waals surface area contributed by atoms with E-state index in [-0.39, 0.29) is 16.9 Å². The summed E-state index contributed by atoms with van der Waals surface area (Å²) in [5, 5.41) is 9.11. The summed E-state index contributed by atoms with van der Waals surface area (Å²) in [6.07, 6.45) is 1.47. The third-order valence-corrected chi connectivity index (χ3v) is 2.91. The van der Waals surface area contributed by atoms with Crippen LogP contribution in [0.25, 0.3) is 11.4 Å². The van der Waals surface area contributed by atoms with Crippen molar-refractivity contribution in [2.75, 3.05) is 6.61 Å². The van der Waals surface area contributed by atoms with E-state index in [0.717, 1.165) is 0 Å². The highest BCUT2D eigenvalue weighted by Gasteiger charge is 2.16. The number of hydrogen-bond acceptors (Lipinski definition) is 5. The van der Waals surface area contributed by atoms with Crippen molar-refractivity contribution in [2.24, 2.45) is 0 Å². The minimum atomic E-state index is -1.06. The topological polar surface area (TPSA) is 105 Å². The molecule has 2 aromatic heterocycles. The van der Waals surface area contributed by atoms with Crippen LogP contribution in [0.15, 0.2) is 17.1 Å².